The molecule has 0 radical (unpaired) electrons. The predicted molar refractivity (Wildman–Crippen MR) is 107 cm³/mol. The number of halogens is 1. The smallest absolute Gasteiger partial charge is 0.149 e. The van der Waals surface area contributed by atoms with Crippen molar-refractivity contribution < 1.29 is 0 Å². The summed E-state index contributed by atoms with van der Waals surface area (Å²) in [5.74, 6) is 0.590. The number of benzene rings is 2. The first-order valence-corrected chi connectivity index (χ1v) is 9.07. The standard InChI is InChI=1S/C20H19BrN4/c1-3-25(4-2)19-10-9-14(12-16(19)21)11-15(13-22)20-23-17-7-5-6-8-18(17)24-20/h5-12H,3-4H2,1-2H3,(H,23,24)/b15-11+. The highest BCUT2D eigenvalue weighted by atomic mass is 79.9. The largest absolute Gasteiger partial charge is 0.371 e. The van der Waals surface area contributed by atoms with E-state index in [4.69, 9.17) is 0 Å². The van der Waals surface area contributed by atoms with Crippen LogP contribution in [0, 0.1) is 11.3 Å². The number of allylic oxidation sites excluding steroid dienone is 1. The molecule has 1 aromatic heterocycles. The first-order chi connectivity index (χ1) is 12.2. The molecule has 126 valence electrons. The molecule has 25 heavy (non-hydrogen) atoms. The second-order valence-electron chi connectivity index (χ2n) is 5.66. The van der Waals surface area contributed by atoms with Crippen molar-refractivity contribution in [2.24, 2.45) is 0 Å². The Balaban J connectivity index is 1.97. The third kappa shape index (κ3) is 3.59. The van der Waals surface area contributed by atoms with Gasteiger partial charge in [0.25, 0.3) is 0 Å². The van der Waals surface area contributed by atoms with Crippen LogP contribution in [0.5, 0.6) is 0 Å². The van der Waals surface area contributed by atoms with Crippen molar-refractivity contribution in [3.8, 4) is 6.07 Å². The Morgan fingerprint density at radius 3 is 2.64 bits per heavy atom. The summed E-state index contributed by atoms with van der Waals surface area (Å²) in [4.78, 5) is 10.00. The maximum atomic E-state index is 9.56. The number of nitriles is 1. The zero-order valence-corrected chi connectivity index (χ0v) is 15.8. The Hall–Kier alpha value is -2.58. The van der Waals surface area contributed by atoms with Crippen LogP contribution in [0.3, 0.4) is 0 Å². The highest BCUT2D eigenvalue weighted by Gasteiger charge is 2.10. The first kappa shape index (κ1) is 17.2. The monoisotopic (exact) mass is 394 g/mol. The molecule has 2 aromatic carbocycles. The van der Waals surface area contributed by atoms with Gasteiger partial charge in [0.1, 0.15) is 11.9 Å². The molecule has 0 aliphatic rings. The summed E-state index contributed by atoms with van der Waals surface area (Å²) in [5, 5.41) is 9.56. The summed E-state index contributed by atoms with van der Waals surface area (Å²) >= 11 is 3.65. The van der Waals surface area contributed by atoms with Crippen molar-refractivity contribution in [3.63, 3.8) is 0 Å². The summed E-state index contributed by atoms with van der Waals surface area (Å²) in [7, 11) is 0. The minimum atomic E-state index is 0.513. The van der Waals surface area contributed by atoms with Crippen LogP contribution in [-0.4, -0.2) is 23.1 Å². The Bertz CT molecular complexity index is 928. The number of rotatable bonds is 5. The van der Waals surface area contributed by atoms with Crippen LogP contribution in [0.1, 0.15) is 25.2 Å². The van der Waals surface area contributed by atoms with E-state index in [1.54, 1.807) is 0 Å². The number of aromatic amines is 1. The lowest BCUT2D eigenvalue weighted by Gasteiger charge is -2.22. The topological polar surface area (TPSA) is 55.7 Å². The van der Waals surface area contributed by atoms with Crippen LogP contribution in [-0.2, 0) is 0 Å². The number of anilines is 1. The second-order valence-corrected chi connectivity index (χ2v) is 6.51. The van der Waals surface area contributed by atoms with E-state index in [9.17, 15) is 5.26 Å². The molecule has 0 amide bonds. The molecule has 0 unspecified atom stereocenters. The van der Waals surface area contributed by atoms with Gasteiger partial charge in [-0.1, -0.05) is 18.2 Å². The number of aromatic nitrogens is 2. The fraction of sp³-hybridized carbons (Fsp3) is 0.200. The van der Waals surface area contributed by atoms with E-state index in [1.807, 2.05) is 42.5 Å². The van der Waals surface area contributed by atoms with Gasteiger partial charge >= 0.3 is 0 Å². The third-order valence-electron chi connectivity index (χ3n) is 4.15. The normalized spacial score (nSPS) is 11.5. The molecule has 0 aliphatic heterocycles. The maximum absolute atomic E-state index is 9.56. The highest BCUT2D eigenvalue weighted by Crippen LogP contribution is 2.29. The van der Waals surface area contributed by atoms with Gasteiger partial charge in [0.15, 0.2) is 0 Å². The number of nitrogens with zero attached hydrogens (tertiary/aromatic N) is 3. The molecule has 1 heterocycles. The average molecular weight is 395 g/mol. The van der Waals surface area contributed by atoms with Crippen molar-refractivity contribution in [2.45, 2.75) is 13.8 Å². The van der Waals surface area contributed by atoms with Gasteiger partial charge in [0.05, 0.1) is 22.3 Å². The fourth-order valence-corrected chi connectivity index (χ4v) is 3.48. The molecule has 0 atom stereocenters. The Morgan fingerprint density at radius 1 is 1.24 bits per heavy atom. The Kier molecular flexibility index (Phi) is 5.20. The predicted octanol–water partition coefficient (Wildman–Crippen LogP) is 5.24. The lowest BCUT2D eigenvalue weighted by atomic mass is 10.1. The van der Waals surface area contributed by atoms with E-state index in [0.717, 1.165) is 39.8 Å². The molecular weight excluding hydrogens is 376 g/mol. The highest BCUT2D eigenvalue weighted by molar-refractivity contribution is 9.10. The molecule has 0 fully saturated rings. The molecule has 3 aromatic rings. The summed E-state index contributed by atoms with van der Waals surface area (Å²) < 4.78 is 1.02. The summed E-state index contributed by atoms with van der Waals surface area (Å²) in [6.07, 6.45) is 1.86. The van der Waals surface area contributed by atoms with E-state index in [1.165, 1.54) is 0 Å². The summed E-state index contributed by atoms with van der Waals surface area (Å²) in [6, 6.07) is 16.2. The van der Waals surface area contributed by atoms with Crippen LogP contribution in [0.15, 0.2) is 46.9 Å². The molecule has 3 rings (SSSR count). The van der Waals surface area contributed by atoms with Gasteiger partial charge in [0.2, 0.25) is 0 Å². The van der Waals surface area contributed by atoms with E-state index in [2.05, 4.69) is 56.8 Å². The molecule has 0 saturated carbocycles. The molecule has 1 N–H and O–H groups in total. The van der Waals surface area contributed by atoms with Crippen LogP contribution in [0.2, 0.25) is 0 Å². The van der Waals surface area contributed by atoms with Gasteiger partial charge in [-0.3, -0.25) is 0 Å². The van der Waals surface area contributed by atoms with E-state index in [0.29, 0.717) is 11.4 Å². The third-order valence-corrected chi connectivity index (χ3v) is 4.79. The number of fused-ring (bicyclic) bond motifs is 1. The van der Waals surface area contributed by atoms with Gasteiger partial charge in [-0.05, 0) is 65.7 Å². The Morgan fingerprint density at radius 2 is 2.00 bits per heavy atom. The number of para-hydroxylation sites is 2. The minimum absolute atomic E-state index is 0.513. The van der Waals surface area contributed by atoms with E-state index >= 15 is 0 Å². The van der Waals surface area contributed by atoms with Crippen molar-refractivity contribution >= 4 is 44.3 Å². The fourth-order valence-electron chi connectivity index (χ4n) is 2.83. The van der Waals surface area contributed by atoms with Crippen LogP contribution < -0.4 is 4.90 Å². The molecule has 0 saturated heterocycles. The number of H-pyrrole nitrogens is 1. The lowest BCUT2D eigenvalue weighted by Crippen LogP contribution is -2.22. The van der Waals surface area contributed by atoms with Gasteiger partial charge in [0, 0.05) is 17.6 Å². The number of imidazole rings is 1. The van der Waals surface area contributed by atoms with Gasteiger partial charge in [-0.2, -0.15) is 5.26 Å². The molecular formula is C20H19BrN4. The number of hydrogen-bond acceptors (Lipinski definition) is 3. The summed E-state index contributed by atoms with van der Waals surface area (Å²) in [5.41, 5.74) is 4.41. The van der Waals surface area contributed by atoms with E-state index < -0.39 is 0 Å². The van der Waals surface area contributed by atoms with Crippen LogP contribution >= 0.6 is 15.9 Å². The zero-order chi connectivity index (χ0) is 17.8. The SMILES string of the molecule is CCN(CC)c1ccc(/C=C(\C#N)c2nc3ccccc3[nH]2)cc1Br. The quantitative estimate of drug-likeness (QED) is 0.602. The molecule has 0 aliphatic carbocycles. The van der Waals surface area contributed by atoms with Gasteiger partial charge in [-0.15, -0.1) is 0 Å². The van der Waals surface area contributed by atoms with Crippen molar-refractivity contribution in [1.29, 1.82) is 5.26 Å². The van der Waals surface area contributed by atoms with Crippen LogP contribution in [0.25, 0.3) is 22.7 Å². The summed E-state index contributed by atoms with van der Waals surface area (Å²) in [6.45, 7) is 6.18. The number of nitrogens with one attached hydrogen (secondary N) is 1. The molecule has 4 nitrogen and oxygen atoms in total. The first-order valence-electron chi connectivity index (χ1n) is 8.27. The Labute approximate surface area is 155 Å². The van der Waals surface area contributed by atoms with Crippen molar-refractivity contribution in [1.82, 2.24) is 9.97 Å². The minimum Gasteiger partial charge on any atom is -0.371 e. The average Bonchev–Trinajstić information content (AvgIpc) is 3.06. The van der Waals surface area contributed by atoms with Gasteiger partial charge in [-0.25, -0.2) is 4.98 Å². The van der Waals surface area contributed by atoms with Crippen LogP contribution in [0.4, 0.5) is 5.69 Å². The number of hydrogen-bond donors (Lipinski definition) is 1. The maximum Gasteiger partial charge on any atom is 0.149 e. The van der Waals surface area contributed by atoms with Crippen molar-refractivity contribution in [3.05, 3.63) is 58.3 Å². The van der Waals surface area contributed by atoms with Gasteiger partial charge < -0.3 is 9.88 Å². The zero-order valence-electron chi connectivity index (χ0n) is 14.3. The molecule has 5 heteroatoms. The molecule has 0 bridgehead atoms. The van der Waals surface area contributed by atoms with Crippen molar-refractivity contribution in [2.75, 3.05) is 18.0 Å². The molecule has 0 spiro atoms. The van der Waals surface area contributed by atoms with E-state index in [-0.39, 0.29) is 0 Å². The lowest BCUT2D eigenvalue weighted by molar-refractivity contribution is 0.864. The second kappa shape index (κ2) is 7.54.